The fraction of sp³-hybridized carbons (Fsp3) is 0.472. The number of nitrogens with one attached hydrogen (secondary N) is 2. The minimum atomic E-state index is 0.0168. The molecule has 0 bridgehead atoms. The Labute approximate surface area is 499 Å². The van der Waals surface area contributed by atoms with E-state index in [1.54, 1.807) is 22.3 Å². The summed E-state index contributed by atoms with van der Waals surface area (Å²) in [6.45, 7) is 9.31. The van der Waals surface area contributed by atoms with Gasteiger partial charge in [0.15, 0.2) is 0 Å². The summed E-state index contributed by atoms with van der Waals surface area (Å²) in [6.07, 6.45) is 36.9. The Morgan fingerprint density at radius 3 is 1.09 bits per heavy atom. The molecule has 0 saturated carbocycles. The molecule has 0 amide bonds. The van der Waals surface area contributed by atoms with Gasteiger partial charge in [0.1, 0.15) is 0 Å². The molecule has 0 fully saturated rings. The molecule has 80 heavy (non-hydrogen) atoms. The number of fused-ring (bicyclic) bond motifs is 8. The van der Waals surface area contributed by atoms with Crippen molar-refractivity contribution >= 4 is 72.2 Å². The zero-order chi connectivity index (χ0) is 54.7. The quantitative estimate of drug-likeness (QED) is 0.0326. The Hall–Kier alpha value is -4.56. The van der Waals surface area contributed by atoms with Crippen molar-refractivity contribution in [3.05, 3.63) is 131 Å². The molecule has 1 aliphatic heterocycles. The third-order valence-electron chi connectivity index (χ3n) is 18.7. The van der Waals surface area contributed by atoms with Crippen molar-refractivity contribution < 1.29 is 0 Å². The molecule has 0 unspecified atom stereocenters. The number of benzene rings is 5. The number of nitrogens with zero attached hydrogens (tertiary/aromatic N) is 2. The van der Waals surface area contributed by atoms with Crippen LogP contribution in [0.3, 0.4) is 0 Å². The molecule has 5 aromatic carbocycles. The molecule has 2 aliphatic carbocycles. The number of rotatable bonds is 32. The second kappa shape index (κ2) is 27.2. The SMILES string of the molecule is CCCCCCCCC1(CCCCCCCC)c2ccccc2-c2ccc(-c3ccc(-c4c5c(c(-c6ccc(-c7ccc8c(c7)C(CCCCCCCC)(CCCCCCCC)c7ccccc7-8)s6)c6nsnc46)N[Se]N5)s3)cc21. The van der Waals surface area contributed by atoms with E-state index in [-0.39, 0.29) is 26.2 Å². The molecular weight excluding hydrogens is 1100 g/mol. The van der Waals surface area contributed by atoms with Crippen LogP contribution in [0.5, 0.6) is 0 Å². The third-order valence-corrected chi connectivity index (χ3v) is 22.8. The molecule has 3 aromatic heterocycles. The summed E-state index contributed by atoms with van der Waals surface area (Å²) in [4.78, 5) is 5.14. The molecule has 0 radical (unpaired) electrons. The van der Waals surface area contributed by atoms with E-state index >= 15 is 0 Å². The molecule has 0 atom stereocenters. The van der Waals surface area contributed by atoms with Crippen molar-refractivity contribution in [3.8, 4) is 64.0 Å². The van der Waals surface area contributed by atoms with Crippen LogP contribution in [0.2, 0.25) is 0 Å². The van der Waals surface area contributed by atoms with Crippen molar-refractivity contribution in [2.24, 2.45) is 0 Å². The van der Waals surface area contributed by atoms with Crippen LogP contribution >= 0.6 is 34.4 Å². The predicted molar refractivity (Wildman–Crippen MR) is 352 cm³/mol. The third kappa shape index (κ3) is 11.7. The second-order valence-electron chi connectivity index (χ2n) is 23.9. The van der Waals surface area contributed by atoms with E-state index in [4.69, 9.17) is 8.75 Å². The van der Waals surface area contributed by atoms with E-state index < -0.39 is 0 Å². The maximum atomic E-state index is 5.14. The second-order valence-corrected chi connectivity index (χ2v) is 27.9. The van der Waals surface area contributed by atoms with Gasteiger partial charge in [-0.3, -0.25) is 0 Å². The van der Waals surface area contributed by atoms with Crippen molar-refractivity contribution in [3.63, 3.8) is 0 Å². The van der Waals surface area contributed by atoms with Gasteiger partial charge in [0.2, 0.25) is 0 Å². The van der Waals surface area contributed by atoms with Crippen molar-refractivity contribution in [2.75, 3.05) is 8.67 Å². The Morgan fingerprint density at radius 1 is 0.362 bits per heavy atom. The first kappa shape index (κ1) is 57.3. The average Bonchev–Trinajstić information content (AvgIpc) is 4.55. The predicted octanol–water partition coefficient (Wildman–Crippen LogP) is 23.4. The number of thiophene rings is 2. The monoisotopic (exact) mass is 1180 g/mol. The van der Waals surface area contributed by atoms with Crippen LogP contribution in [0, 0.1) is 0 Å². The Morgan fingerprint density at radius 2 is 0.700 bits per heavy atom. The summed E-state index contributed by atoms with van der Waals surface area (Å²) in [7, 11) is 0. The molecule has 8 heteroatoms. The Balaban J connectivity index is 0.902. The van der Waals surface area contributed by atoms with Crippen LogP contribution in [0.25, 0.3) is 75.0 Å². The number of aromatic nitrogens is 2. The molecule has 4 nitrogen and oxygen atoms in total. The summed E-state index contributed by atoms with van der Waals surface area (Å²) in [6, 6.07) is 43.4. The first-order chi connectivity index (χ1) is 39.5. The Kier molecular flexibility index (Phi) is 19.5. The zero-order valence-corrected chi connectivity index (χ0v) is 52.9. The minimum absolute atomic E-state index is 0.0168. The van der Waals surface area contributed by atoms with E-state index in [1.807, 2.05) is 22.7 Å². The van der Waals surface area contributed by atoms with Crippen molar-refractivity contribution in [1.29, 1.82) is 0 Å². The molecule has 420 valence electrons. The van der Waals surface area contributed by atoms with E-state index in [0.717, 1.165) is 11.0 Å². The summed E-state index contributed by atoms with van der Waals surface area (Å²) < 4.78 is 18.0. The first-order valence-corrected chi connectivity index (χ1v) is 35.8. The van der Waals surface area contributed by atoms with Gasteiger partial charge in [-0.25, -0.2) is 0 Å². The van der Waals surface area contributed by atoms with Gasteiger partial charge in [-0.05, 0) is 0 Å². The van der Waals surface area contributed by atoms with Crippen LogP contribution in [0.4, 0.5) is 11.4 Å². The van der Waals surface area contributed by atoms with E-state index in [0.29, 0.717) is 0 Å². The number of hydrogen-bond donors (Lipinski definition) is 2. The fourth-order valence-corrected chi connectivity index (χ4v) is 18.5. The van der Waals surface area contributed by atoms with Gasteiger partial charge in [-0.1, -0.05) is 180 Å². The van der Waals surface area contributed by atoms with Gasteiger partial charge < -0.3 is 0 Å². The molecule has 11 rings (SSSR count). The number of unbranched alkanes of at least 4 members (excludes halogenated alkanes) is 20. The van der Waals surface area contributed by atoms with Crippen LogP contribution in [0.1, 0.15) is 230 Å². The van der Waals surface area contributed by atoms with Crippen molar-refractivity contribution in [2.45, 2.75) is 218 Å². The molecule has 0 spiro atoms. The molecular formula is C72H88N4S3Se. The van der Waals surface area contributed by atoms with Gasteiger partial charge in [0, 0.05) is 0 Å². The number of anilines is 2. The topological polar surface area (TPSA) is 49.8 Å². The van der Waals surface area contributed by atoms with Gasteiger partial charge in [-0.2, -0.15) is 0 Å². The van der Waals surface area contributed by atoms with Gasteiger partial charge in [0.05, 0.1) is 0 Å². The molecule has 0 saturated heterocycles. The summed E-state index contributed by atoms with van der Waals surface area (Å²) in [5.41, 5.74) is 21.6. The zero-order valence-electron chi connectivity index (χ0n) is 48.7. The van der Waals surface area contributed by atoms with Crippen molar-refractivity contribution in [1.82, 2.24) is 8.75 Å². The van der Waals surface area contributed by atoms with Crippen LogP contribution < -0.4 is 8.67 Å². The first-order valence-electron chi connectivity index (χ1n) is 31.7. The fourth-order valence-electron chi connectivity index (χ4n) is 14.4. The standard InChI is InChI=1S/C72H88N4S3Se/c1-5-9-13-17-21-29-45-71(46-30-22-18-14-10-6-2)57-35-27-25-33-53(57)55-39-37-51(49-59(55)71)61-41-43-63(77-61)65-67-68(74-79-73-67)66(70-69(65)75-80-76-70)64-44-42-62(78-64)52-38-40-56-54-34-26-28-36-58(54)72(60(56)50-52,47-31-23-19-15-11-7-3)48-32-24-20-16-12-8-4/h25-28,33-44,49-50,75-76H,5-24,29-32,45-48H2,1-4H3. The molecule has 3 aliphatic rings. The molecule has 2 N–H and O–H groups in total. The summed E-state index contributed by atoms with van der Waals surface area (Å²) in [5, 5.41) is 0. The van der Waals surface area contributed by atoms with E-state index in [2.05, 4.69) is 146 Å². The van der Waals surface area contributed by atoms with E-state index in [9.17, 15) is 0 Å². The summed E-state index contributed by atoms with van der Waals surface area (Å²) in [5.74, 6) is 0. The normalized spacial score (nSPS) is 14.2. The maximum absolute atomic E-state index is 5.14. The van der Waals surface area contributed by atoms with E-state index in [1.165, 1.54) is 267 Å². The molecule has 4 heterocycles. The van der Waals surface area contributed by atoms with Gasteiger partial charge >= 0.3 is 323 Å². The summed E-state index contributed by atoms with van der Waals surface area (Å²) >= 11 is 5.20. The van der Waals surface area contributed by atoms with Crippen LogP contribution in [0.15, 0.2) is 109 Å². The molecule has 8 aromatic rings. The Bertz CT molecular complexity index is 3080. The van der Waals surface area contributed by atoms with Gasteiger partial charge in [0.25, 0.3) is 0 Å². The van der Waals surface area contributed by atoms with Crippen LogP contribution in [-0.4, -0.2) is 24.1 Å². The average molecular weight is 1180 g/mol. The van der Waals surface area contributed by atoms with Gasteiger partial charge in [-0.15, -0.1) is 0 Å². The van der Waals surface area contributed by atoms with Crippen LogP contribution in [-0.2, 0) is 10.8 Å². The number of hydrogen-bond acceptors (Lipinski definition) is 7.